The molecule has 0 spiro atoms. The zero-order valence-electron chi connectivity index (χ0n) is 10.8. The molecule has 0 saturated carbocycles. The standard InChI is InChI=1S/C15H15Br2NS/c1-10(18-2)14-9-12(17)5-8-15(14)19-13-6-3-11(16)4-7-13/h3-10,18H,1-2H3. The topological polar surface area (TPSA) is 12.0 Å². The summed E-state index contributed by atoms with van der Waals surface area (Å²) in [7, 11) is 1.99. The number of rotatable bonds is 4. The summed E-state index contributed by atoms with van der Waals surface area (Å²) in [6.07, 6.45) is 0. The first-order valence-electron chi connectivity index (χ1n) is 6.00. The molecule has 0 fully saturated rings. The molecule has 0 heterocycles. The van der Waals surface area contributed by atoms with Gasteiger partial charge in [0.2, 0.25) is 0 Å². The summed E-state index contributed by atoms with van der Waals surface area (Å²) in [4.78, 5) is 2.53. The lowest BCUT2D eigenvalue weighted by Crippen LogP contribution is -2.13. The molecule has 1 atom stereocenters. The minimum absolute atomic E-state index is 0.329. The van der Waals surface area contributed by atoms with Crippen molar-refractivity contribution in [3.8, 4) is 0 Å². The van der Waals surface area contributed by atoms with Gasteiger partial charge in [-0.2, -0.15) is 0 Å². The van der Waals surface area contributed by atoms with Crippen molar-refractivity contribution in [3.63, 3.8) is 0 Å². The molecule has 2 rings (SSSR count). The Bertz CT molecular complexity index is 555. The van der Waals surface area contributed by atoms with E-state index in [1.807, 2.05) is 7.05 Å². The Morgan fingerprint density at radius 1 is 1.00 bits per heavy atom. The van der Waals surface area contributed by atoms with Crippen LogP contribution in [-0.4, -0.2) is 7.05 Å². The van der Waals surface area contributed by atoms with E-state index in [9.17, 15) is 0 Å². The molecule has 2 aromatic carbocycles. The Balaban J connectivity index is 2.31. The van der Waals surface area contributed by atoms with Gasteiger partial charge in [-0.1, -0.05) is 43.6 Å². The molecular weight excluding hydrogens is 386 g/mol. The maximum absolute atomic E-state index is 3.55. The molecule has 1 unspecified atom stereocenters. The molecule has 0 aromatic heterocycles. The van der Waals surface area contributed by atoms with Crippen LogP contribution in [0.3, 0.4) is 0 Å². The predicted molar refractivity (Wildman–Crippen MR) is 89.9 cm³/mol. The number of hydrogen-bond acceptors (Lipinski definition) is 2. The minimum Gasteiger partial charge on any atom is -0.313 e. The average molecular weight is 401 g/mol. The van der Waals surface area contributed by atoms with Crippen molar-refractivity contribution in [1.29, 1.82) is 0 Å². The molecule has 0 saturated heterocycles. The van der Waals surface area contributed by atoms with E-state index in [0.717, 1.165) is 8.95 Å². The highest BCUT2D eigenvalue weighted by Crippen LogP contribution is 2.35. The first-order chi connectivity index (χ1) is 9.10. The third-order valence-electron chi connectivity index (χ3n) is 2.91. The number of nitrogens with one attached hydrogen (secondary N) is 1. The third-order valence-corrected chi connectivity index (χ3v) is 5.03. The lowest BCUT2D eigenvalue weighted by molar-refractivity contribution is 0.641. The van der Waals surface area contributed by atoms with Crippen molar-refractivity contribution in [2.45, 2.75) is 22.8 Å². The van der Waals surface area contributed by atoms with Crippen LogP contribution in [0.4, 0.5) is 0 Å². The van der Waals surface area contributed by atoms with Gasteiger partial charge in [-0.15, -0.1) is 0 Å². The van der Waals surface area contributed by atoms with Crippen molar-refractivity contribution in [2.75, 3.05) is 7.05 Å². The van der Waals surface area contributed by atoms with Crippen LogP contribution in [0.25, 0.3) is 0 Å². The minimum atomic E-state index is 0.329. The SMILES string of the molecule is CNC(C)c1cc(Br)ccc1Sc1ccc(Br)cc1. The van der Waals surface area contributed by atoms with Crippen LogP contribution in [0.1, 0.15) is 18.5 Å². The Labute approximate surface area is 135 Å². The van der Waals surface area contributed by atoms with E-state index in [1.165, 1.54) is 15.4 Å². The number of hydrogen-bond donors (Lipinski definition) is 1. The van der Waals surface area contributed by atoms with Gasteiger partial charge < -0.3 is 5.32 Å². The largest absolute Gasteiger partial charge is 0.313 e. The van der Waals surface area contributed by atoms with Crippen LogP contribution < -0.4 is 5.32 Å². The molecule has 4 heteroatoms. The van der Waals surface area contributed by atoms with Crippen molar-refractivity contribution in [1.82, 2.24) is 5.32 Å². The van der Waals surface area contributed by atoms with Gasteiger partial charge in [0.25, 0.3) is 0 Å². The zero-order chi connectivity index (χ0) is 13.8. The summed E-state index contributed by atoms with van der Waals surface area (Å²) in [5.41, 5.74) is 1.31. The zero-order valence-corrected chi connectivity index (χ0v) is 14.8. The second kappa shape index (κ2) is 6.93. The van der Waals surface area contributed by atoms with Gasteiger partial charge in [0.1, 0.15) is 0 Å². The summed E-state index contributed by atoms with van der Waals surface area (Å²) < 4.78 is 2.22. The molecule has 0 bridgehead atoms. The van der Waals surface area contributed by atoms with E-state index in [2.05, 4.69) is 86.6 Å². The summed E-state index contributed by atoms with van der Waals surface area (Å²) in [5, 5.41) is 3.30. The maximum atomic E-state index is 3.55. The van der Waals surface area contributed by atoms with Crippen LogP contribution in [0.5, 0.6) is 0 Å². The third kappa shape index (κ3) is 4.09. The first kappa shape index (κ1) is 15.1. The summed E-state index contributed by atoms with van der Waals surface area (Å²) in [6.45, 7) is 2.17. The fourth-order valence-electron chi connectivity index (χ4n) is 1.74. The highest BCUT2D eigenvalue weighted by atomic mass is 79.9. The number of benzene rings is 2. The normalized spacial score (nSPS) is 12.4. The van der Waals surface area contributed by atoms with Crippen LogP contribution >= 0.6 is 43.6 Å². The van der Waals surface area contributed by atoms with Crippen molar-refractivity contribution < 1.29 is 0 Å². The molecule has 1 N–H and O–H groups in total. The molecule has 0 aliphatic rings. The van der Waals surface area contributed by atoms with Crippen LogP contribution in [0.15, 0.2) is 61.2 Å². The molecule has 0 radical (unpaired) electrons. The van der Waals surface area contributed by atoms with Crippen LogP contribution in [0, 0.1) is 0 Å². The Morgan fingerprint density at radius 2 is 1.63 bits per heavy atom. The van der Waals surface area contributed by atoms with E-state index < -0.39 is 0 Å². The summed E-state index contributed by atoms with van der Waals surface area (Å²) in [5.74, 6) is 0. The Hall–Kier alpha value is -0.290. The second-order valence-electron chi connectivity index (χ2n) is 4.25. The summed E-state index contributed by atoms with van der Waals surface area (Å²) in [6, 6.07) is 15.2. The quantitative estimate of drug-likeness (QED) is 0.712. The maximum Gasteiger partial charge on any atom is 0.0300 e. The highest BCUT2D eigenvalue weighted by molar-refractivity contribution is 9.10. The summed E-state index contributed by atoms with van der Waals surface area (Å²) >= 11 is 8.80. The lowest BCUT2D eigenvalue weighted by Gasteiger charge is -2.16. The molecule has 0 aliphatic carbocycles. The van der Waals surface area contributed by atoms with Gasteiger partial charge in [0.15, 0.2) is 0 Å². The number of halogens is 2. The van der Waals surface area contributed by atoms with Crippen LogP contribution in [0.2, 0.25) is 0 Å². The molecule has 0 amide bonds. The van der Waals surface area contributed by atoms with E-state index in [1.54, 1.807) is 11.8 Å². The molecular formula is C15H15Br2NS. The monoisotopic (exact) mass is 399 g/mol. The van der Waals surface area contributed by atoms with Gasteiger partial charge >= 0.3 is 0 Å². The molecule has 2 aromatic rings. The molecule has 1 nitrogen and oxygen atoms in total. The predicted octanol–water partition coefficient (Wildman–Crippen LogP) is 5.64. The van der Waals surface area contributed by atoms with Crippen LogP contribution in [-0.2, 0) is 0 Å². The first-order valence-corrected chi connectivity index (χ1v) is 8.40. The molecule has 19 heavy (non-hydrogen) atoms. The highest BCUT2D eigenvalue weighted by Gasteiger charge is 2.10. The van der Waals surface area contributed by atoms with E-state index >= 15 is 0 Å². The van der Waals surface area contributed by atoms with Gasteiger partial charge in [-0.3, -0.25) is 0 Å². The Kier molecular flexibility index (Phi) is 5.51. The van der Waals surface area contributed by atoms with Crippen molar-refractivity contribution in [3.05, 3.63) is 57.0 Å². The second-order valence-corrected chi connectivity index (χ2v) is 7.20. The van der Waals surface area contributed by atoms with Gasteiger partial charge in [-0.05, 0) is 62.0 Å². The van der Waals surface area contributed by atoms with E-state index in [0.29, 0.717) is 6.04 Å². The fraction of sp³-hybridized carbons (Fsp3) is 0.200. The fourth-order valence-corrected chi connectivity index (χ4v) is 3.39. The molecule has 0 aliphatic heterocycles. The van der Waals surface area contributed by atoms with E-state index in [4.69, 9.17) is 0 Å². The molecule has 100 valence electrons. The smallest absolute Gasteiger partial charge is 0.0300 e. The van der Waals surface area contributed by atoms with E-state index in [-0.39, 0.29) is 0 Å². The van der Waals surface area contributed by atoms with Gasteiger partial charge in [-0.25, -0.2) is 0 Å². The van der Waals surface area contributed by atoms with Gasteiger partial charge in [0.05, 0.1) is 0 Å². The lowest BCUT2D eigenvalue weighted by atomic mass is 10.1. The Morgan fingerprint density at radius 3 is 2.26 bits per heavy atom. The van der Waals surface area contributed by atoms with Crippen molar-refractivity contribution >= 4 is 43.6 Å². The van der Waals surface area contributed by atoms with Crippen molar-refractivity contribution in [2.24, 2.45) is 0 Å². The average Bonchev–Trinajstić information content (AvgIpc) is 2.42. The van der Waals surface area contributed by atoms with Gasteiger partial charge in [0, 0.05) is 24.8 Å².